The maximum atomic E-state index is 11.9. The molecule has 9 heteroatoms. The van der Waals surface area contributed by atoms with Gasteiger partial charge in [0.05, 0.1) is 21.3 Å². The summed E-state index contributed by atoms with van der Waals surface area (Å²) in [6.45, 7) is 1.30. The average Bonchev–Trinajstić information content (AvgIpc) is 3.63. The zero-order valence-electron chi connectivity index (χ0n) is 21.3. The molecule has 1 amide bonds. The molecule has 1 aliphatic heterocycles. The highest BCUT2D eigenvalue weighted by atomic mass is 32.2. The Kier molecular flexibility index (Phi) is 7.33. The summed E-state index contributed by atoms with van der Waals surface area (Å²) in [4.78, 5) is 14.4. The monoisotopic (exact) mass is 529 g/mol. The van der Waals surface area contributed by atoms with Crippen LogP contribution in [0.15, 0.2) is 64.0 Å². The van der Waals surface area contributed by atoms with Gasteiger partial charge in [-0.3, -0.25) is 4.79 Å². The van der Waals surface area contributed by atoms with Crippen molar-refractivity contribution in [2.75, 3.05) is 39.1 Å². The summed E-state index contributed by atoms with van der Waals surface area (Å²) in [6.07, 6.45) is 6.18. The second-order valence-electron chi connectivity index (χ2n) is 8.79. The summed E-state index contributed by atoms with van der Waals surface area (Å²) in [5.41, 5.74) is 3.71. The normalized spacial score (nSPS) is 14.8. The van der Waals surface area contributed by atoms with Crippen LogP contribution in [-0.2, 0) is 4.79 Å². The molecule has 0 bridgehead atoms. The first-order chi connectivity index (χ1) is 18.6. The molecule has 1 aliphatic rings. The number of aromatic nitrogens is 1. The fraction of sp³-hybridized carbons (Fsp3) is 0.241. The Morgan fingerprint density at radius 3 is 2.50 bits per heavy atom. The van der Waals surface area contributed by atoms with Crippen LogP contribution in [-0.4, -0.2) is 50.4 Å². The number of benzene rings is 3. The van der Waals surface area contributed by atoms with Crippen molar-refractivity contribution in [3.8, 4) is 40.7 Å². The highest BCUT2D eigenvalue weighted by molar-refractivity contribution is 8.00. The third-order valence-electron chi connectivity index (χ3n) is 6.68. The lowest BCUT2D eigenvalue weighted by atomic mass is 9.94. The molecule has 8 nitrogen and oxygen atoms in total. The van der Waals surface area contributed by atoms with Crippen molar-refractivity contribution in [2.45, 2.75) is 17.2 Å². The van der Waals surface area contributed by atoms with E-state index in [2.05, 4.69) is 27.9 Å². The molecule has 1 aromatic heterocycles. The van der Waals surface area contributed by atoms with Crippen LogP contribution in [0.4, 0.5) is 5.82 Å². The number of ether oxygens (including phenoxy) is 3. The van der Waals surface area contributed by atoms with E-state index in [0.717, 1.165) is 33.4 Å². The molecule has 2 heterocycles. The number of nitrogens with zero attached hydrogens (tertiary/aromatic N) is 2. The van der Waals surface area contributed by atoms with Gasteiger partial charge < -0.3 is 28.4 Å². The fourth-order valence-corrected chi connectivity index (χ4v) is 5.57. The molecule has 4 aromatic rings. The molecule has 1 atom stereocenters. The van der Waals surface area contributed by atoms with Crippen molar-refractivity contribution in [1.82, 2.24) is 10.1 Å². The minimum atomic E-state index is -0.254. The summed E-state index contributed by atoms with van der Waals surface area (Å²) in [6, 6.07) is 17.8. The molecule has 0 spiro atoms. The van der Waals surface area contributed by atoms with Gasteiger partial charge in [0.25, 0.3) is 5.91 Å². The zero-order valence-corrected chi connectivity index (χ0v) is 22.1. The molecule has 0 aliphatic carbocycles. The van der Waals surface area contributed by atoms with E-state index in [1.807, 2.05) is 42.5 Å². The molecule has 1 unspecified atom stereocenters. The molecular formula is C29H27N3O5S. The lowest BCUT2D eigenvalue weighted by Gasteiger charge is -2.15. The number of hydrogen-bond donors (Lipinski definition) is 1. The van der Waals surface area contributed by atoms with E-state index in [0.29, 0.717) is 41.7 Å². The standard InChI is InChI=1S/C29H27N3O5S/c1-5-26(33)32-13-12-20(17-32)18-8-6-9-19(14-18)21-15-24(36-4)27-25(16-21)37-30-29(27)31-38-28-22(34-2)10-7-11-23(28)35-3/h1,6-11,14-16,20H,12-13,17H2,2-4H3,(H,30,31). The second-order valence-corrected chi connectivity index (χ2v) is 9.60. The topological polar surface area (TPSA) is 86.1 Å². The number of nitrogens with one attached hydrogen (secondary N) is 1. The van der Waals surface area contributed by atoms with Gasteiger partial charge in [-0.2, -0.15) is 0 Å². The van der Waals surface area contributed by atoms with E-state index in [4.69, 9.17) is 25.2 Å². The van der Waals surface area contributed by atoms with Gasteiger partial charge in [0.1, 0.15) is 27.5 Å². The van der Waals surface area contributed by atoms with E-state index in [1.165, 1.54) is 11.9 Å². The summed E-state index contributed by atoms with van der Waals surface area (Å²) in [7, 11) is 4.85. The minimum absolute atomic E-state index is 0.239. The summed E-state index contributed by atoms with van der Waals surface area (Å²) in [5.74, 6) is 4.71. The Morgan fingerprint density at radius 1 is 1.05 bits per heavy atom. The van der Waals surface area contributed by atoms with E-state index >= 15 is 0 Å². The predicted molar refractivity (Wildman–Crippen MR) is 148 cm³/mol. The number of rotatable bonds is 8. The van der Waals surface area contributed by atoms with Crippen molar-refractivity contribution in [3.05, 3.63) is 60.2 Å². The number of amides is 1. The maximum Gasteiger partial charge on any atom is 0.298 e. The van der Waals surface area contributed by atoms with Crippen molar-refractivity contribution < 1.29 is 23.5 Å². The van der Waals surface area contributed by atoms with Crippen molar-refractivity contribution in [1.29, 1.82) is 0 Å². The van der Waals surface area contributed by atoms with Crippen LogP contribution in [0.5, 0.6) is 17.2 Å². The number of likely N-dealkylation sites (tertiary alicyclic amines) is 1. The SMILES string of the molecule is C#CC(=O)N1CCC(c2cccc(-c3cc(OC)c4c(NSc5c(OC)cccc5OC)noc4c3)c2)C1. The average molecular weight is 530 g/mol. The Hall–Kier alpha value is -4.29. The van der Waals surface area contributed by atoms with Crippen LogP contribution in [0.3, 0.4) is 0 Å². The highest BCUT2D eigenvalue weighted by Gasteiger charge is 2.27. The van der Waals surface area contributed by atoms with Crippen LogP contribution in [0, 0.1) is 12.3 Å². The third kappa shape index (κ3) is 4.83. The van der Waals surface area contributed by atoms with Gasteiger partial charge in [-0.25, -0.2) is 0 Å². The largest absolute Gasteiger partial charge is 0.496 e. The smallest absolute Gasteiger partial charge is 0.298 e. The summed E-state index contributed by atoms with van der Waals surface area (Å²) >= 11 is 1.32. The van der Waals surface area contributed by atoms with E-state index in [1.54, 1.807) is 26.2 Å². The molecule has 1 N–H and O–H groups in total. The van der Waals surface area contributed by atoms with Crippen LogP contribution in [0.2, 0.25) is 0 Å². The quantitative estimate of drug-likeness (QED) is 0.234. The Morgan fingerprint density at radius 2 is 1.79 bits per heavy atom. The number of methoxy groups -OCH3 is 3. The van der Waals surface area contributed by atoms with Gasteiger partial charge in [0.2, 0.25) is 0 Å². The number of anilines is 1. The minimum Gasteiger partial charge on any atom is -0.496 e. The van der Waals surface area contributed by atoms with Gasteiger partial charge in [0, 0.05) is 19.0 Å². The molecule has 5 rings (SSSR count). The molecule has 194 valence electrons. The first kappa shape index (κ1) is 25.4. The van der Waals surface area contributed by atoms with Gasteiger partial charge in [0.15, 0.2) is 11.4 Å². The Balaban J connectivity index is 1.42. The number of hydrogen-bond acceptors (Lipinski definition) is 8. The lowest BCUT2D eigenvalue weighted by Crippen LogP contribution is -2.26. The van der Waals surface area contributed by atoms with Gasteiger partial charge >= 0.3 is 0 Å². The molecular weight excluding hydrogens is 502 g/mol. The maximum absolute atomic E-state index is 11.9. The first-order valence-electron chi connectivity index (χ1n) is 12.0. The van der Waals surface area contributed by atoms with Gasteiger partial charge in [-0.1, -0.05) is 35.5 Å². The van der Waals surface area contributed by atoms with E-state index in [-0.39, 0.29) is 11.8 Å². The third-order valence-corrected chi connectivity index (χ3v) is 7.58. The van der Waals surface area contributed by atoms with Crippen molar-refractivity contribution >= 4 is 34.6 Å². The summed E-state index contributed by atoms with van der Waals surface area (Å²) < 4.78 is 25.7. The van der Waals surface area contributed by atoms with Crippen LogP contribution in [0.25, 0.3) is 22.1 Å². The Bertz CT molecular complexity index is 1500. The number of carbonyl (C=O) groups excluding carboxylic acids is 1. The molecule has 3 aromatic carbocycles. The highest BCUT2D eigenvalue weighted by Crippen LogP contribution is 2.42. The van der Waals surface area contributed by atoms with Crippen LogP contribution >= 0.6 is 11.9 Å². The predicted octanol–water partition coefficient (Wildman–Crippen LogP) is 5.59. The summed E-state index contributed by atoms with van der Waals surface area (Å²) in [5, 5.41) is 4.99. The van der Waals surface area contributed by atoms with Crippen molar-refractivity contribution in [3.63, 3.8) is 0 Å². The number of carbonyl (C=O) groups is 1. The lowest BCUT2D eigenvalue weighted by molar-refractivity contribution is -0.124. The molecule has 38 heavy (non-hydrogen) atoms. The molecule has 0 radical (unpaired) electrons. The van der Waals surface area contributed by atoms with Crippen LogP contribution < -0.4 is 18.9 Å². The number of fused-ring (bicyclic) bond motifs is 1. The zero-order chi connectivity index (χ0) is 26.6. The van der Waals surface area contributed by atoms with Crippen molar-refractivity contribution in [2.24, 2.45) is 0 Å². The van der Waals surface area contributed by atoms with Crippen LogP contribution in [0.1, 0.15) is 17.9 Å². The van der Waals surface area contributed by atoms with E-state index < -0.39 is 0 Å². The van der Waals surface area contributed by atoms with Gasteiger partial charge in [-0.15, -0.1) is 6.42 Å². The van der Waals surface area contributed by atoms with Gasteiger partial charge in [-0.05, 0) is 65.2 Å². The molecule has 0 saturated carbocycles. The molecule has 1 saturated heterocycles. The molecule has 1 fully saturated rings. The fourth-order valence-electron chi connectivity index (χ4n) is 4.73. The van der Waals surface area contributed by atoms with E-state index in [9.17, 15) is 4.79 Å². The Labute approximate surface area is 225 Å². The second kappa shape index (κ2) is 11.0. The number of terminal acetylenes is 1. The first-order valence-corrected chi connectivity index (χ1v) is 12.8.